The number of hydroxylamine groups is 2. The van der Waals surface area contributed by atoms with Gasteiger partial charge in [-0.2, -0.15) is 0 Å². The third kappa shape index (κ3) is 3.62. The minimum Gasteiger partial charge on any atom is -0.494 e. The van der Waals surface area contributed by atoms with Crippen LogP contribution in [-0.4, -0.2) is 34.4 Å². The van der Waals surface area contributed by atoms with Gasteiger partial charge in [0.2, 0.25) is 0 Å². The number of carbonyl (C=O) groups excluding carboxylic acids is 3. The molecule has 1 aliphatic rings. The van der Waals surface area contributed by atoms with E-state index in [9.17, 15) is 14.4 Å². The average Bonchev–Trinajstić information content (AvgIpc) is 3.33. The lowest BCUT2D eigenvalue weighted by atomic mass is 10.1. The maximum atomic E-state index is 12.4. The Kier molecular flexibility index (Phi) is 5.09. The highest BCUT2D eigenvalue weighted by Crippen LogP contribution is 2.27. The summed E-state index contributed by atoms with van der Waals surface area (Å²) in [5.41, 5.74) is 1.25. The SMILES string of the molecule is CCCOc1ccc(-c2nc(C(=O)ON3C(=O)c4ccccc4C3=O)cs2)cc1. The van der Waals surface area contributed by atoms with Crippen molar-refractivity contribution in [1.82, 2.24) is 10.0 Å². The Morgan fingerprint density at radius 3 is 2.31 bits per heavy atom. The van der Waals surface area contributed by atoms with Gasteiger partial charge in [-0.1, -0.05) is 24.1 Å². The summed E-state index contributed by atoms with van der Waals surface area (Å²) < 4.78 is 5.55. The van der Waals surface area contributed by atoms with Gasteiger partial charge < -0.3 is 9.57 Å². The summed E-state index contributed by atoms with van der Waals surface area (Å²) in [7, 11) is 0. The maximum absolute atomic E-state index is 12.4. The number of hydrogen-bond acceptors (Lipinski definition) is 7. The van der Waals surface area contributed by atoms with Crippen LogP contribution in [0.15, 0.2) is 53.9 Å². The molecule has 146 valence electrons. The van der Waals surface area contributed by atoms with Crippen molar-refractivity contribution >= 4 is 29.1 Å². The summed E-state index contributed by atoms with van der Waals surface area (Å²) in [6, 6.07) is 13.7. The fourth-order valence-electron chi connectivity index (χ4n) is 2.79. The molecule has 0 spiro atoms. The van der Waals surface area contributed by atoms with Crippen molar-refractivity contribution in [2.24, 2.45) is 0 Å². The molecular weight excluding hydrogens is 392 g/mol. The molecule has 3 aromatic rings. The maximum Gasteiger partial charge on any atom is 0.383 e. The van der Waals surface area contributed by atoms with Crippen molar-refractivity contribution in [3.63, 3.8) is 0 Å². The molecule has 29 heavy (non-hydrogen) atoms. The van der Waals surface area contributed by atoms with Crippen LogP contribution in [0.25, 0.3) is 10.6 Å². The second-order valence-electron chi connectivity index (χ2n) is 6.24. The number of fused-ring (bicyclic) bond motifs is 1. The molecule has 0 atom stereocenters. The van der Waals surface area contributed by atoms with E-state index in [1.165, 1.54) is 28.8 Å². The standard InChI is InChI=1S/C21H16N2O5S/c1-2-11-27-14-9-7-13(8-10-14)18-22-17(12-29-18)21(26)28-23-19(24)15-5-3-4-6-16(15)20(23)25/h3-10,12H,2,11H2,1H3. The van der Waals surface area contributed by atoms with Crippen LogP contribution < -0.4 is 4.74 Å². The molecule has 0 radical (unpaired) electrons. The summed E-state index contributed by atoms with van der Waals surface area (Å²) >= 11 is 1.26. The number of carbonyl (C=O) groups is 3. The van der Waals surface area contributed by atoms with E-state index >= 15 is 0 Å². The van der Waals surface area contributed by atoms with E-state index in [0.29, 0.717) is 16.7 Å². The molecule has 0 fully saturated rings. The Labute approximate surface area is 170 Å². The van der Waals surface area contributed by atoms with E-state index in [1.807, 2.05) is 31.2 Å². The molecule has 0 saturated carbocycles. The van der Waals surface area contributed by atoms with Gasteiger partial charge in [0.05, 0.1) is 17.7 Å². The van der Waals surface area contributed by atoms with Crippen molar-refractivity contribution in [3.8, 4) is 16.3 Å². The van der Waals surface area contributed by atoms with E-state index in [-0.39, 0.29) is 16.8 Å². The summed E-state index contributed by atoms with van der Waals surface area (Å²) in [5.74, 6) is -1.45. The highest BCUT2D eigenvalue weighted by atomic mass is 32.1. The molecule has 2 heterocycles. The van der Waals surface area contributed by atoms with Crippen molar-refractivity contribution in [2.75, 3.05) is 6.61 Å². The number of ether oxygens (including phenoxy) is 1. The van der Waals surface area contributed by atoms with Gasteiger partial charge in [-0.3, -0.25) is 9.59 Å². The van der Waals surface area contributed by atoms with Crippen LogP contribution in [-0.2, 0) is 4.84 Å². The molecule has 0 unspecified atom stereocenters. The summed E-state index contributed by atoms with van der Waals surface area (Å²) in [4.78, 5) is 46.3. The van der Waals surface area contributed by atoms with Crippen LogP contribution in [0.5, 0.6) is 5.75 Å². The molecule has 4 rings (SSSR count). The zero-order valence-corrected chi connectivity index (χ0v) is 16.3. The third-order valence-electron chi connectivity index (χ3n) is 4.22. The van der Waals surface area contributed by atoms with Gasteiger partial charge in [0, 0.05) is 10.9 Å². The number of nitrogens with zero attached hydrogens (tertiary/aromatic N) is 2. The van der Waals surface area contributed by atoms with E-state index in [1.54, 1.807) is 12.1 Å². The first-order valence-electron chi connectivity index (χ1n) is 8.97. The quantitative estimate of drug-likeness (QED) is 0.574. The first-order valence-corrected chi connectivity index (χ1v) is 9.85. The van der Waals surface area contributed by atoms with E-state index in [0.717, 1.165) is 17.7 Å². The number of aromatic nitrogens is 1. The molecule has 0 bridgehead atoms. The number of rotatable bonds is 6. The van der Waals surface area contributed by atoms with E-state index in [4.69, 9.17) is 9.57 Å². The van der Waals surface area contributed by atoms with Gasteiger partial charge >= 0.3 is 5.97 Å². The molecule has 2 amide bonds. The molecule has 0 saturated heterocycles. The van der Waals surface area contributed by atoms with Gasteiger partial charge in [0.1, 0.15) is 10.8 Å². The van der Waals surface area contributed by atoms with Crippen molar-refractivity contribution < 1.29 is 24.0 Å². The topological polar surface area (TPSA) is 85.8 Å². The van der Waals surface area contributed by atoms with Crippen LogP contribution in [0.3, 0.4) is 0 Å². The molecule has 7 nitrogen and oxygen atoms in total. The lowest BCUT2D eigenvalue weighted by Crippen LogP contribution is -2.32. The second-order valence-corrected chi connectivity index (χ2v) is 7.10. The minimum absolute atomic E-state index is 0.0212. The van der Waals surface area contributed by atoms with Crippen molar-refractivity contribution in [2.45, 2.75) is 13.3 Å². The zero-order chi connectivity index (χ0) is 20.4. The Bertz CT molecular complexity index is 1060. The van der Waals surface area contributed by atoms with Gasteiger partial charge in [0.25, 0.3) is 11.8 Å². The lowest BCUT2D eigenvalue weighted by Gasteiger charge is -2.11. The summed E-state index contributed by atoms with van der Waals surface area (Å²) in [5, 5.41) is 2.62. The molecule has 0 N–H and O–H groups in total. The molecule has 1 aliphatic heterocycles. The van der Waals surface area contributed by atoms with Gasteiger partial charge in [-0.25, -0.2) is 9.78 Å². The van der Waals surface area contributed by atoms with Crippen LogP contribution in [0, 0.1) is 0 Å². The Morgan fingerprint density at radius 1 is 1.03 bits per heavy atom. The first-order chi connectivity index (χ1) is 14.1. The molecule has 0 aliphatic carbocycles. The van der Waals surface area contributed by atoms with Gasteiger partial charge in [-0.05, 0) is 42.8 Å². The normalized spacial score (nSPS) is 12.8. The predicted molar refractivity (Wildman–Crippen MR) is 106 cm³/mol. The van der Waals surface area contributed by atoms with Gasteiger partial charge in [0.15, 0.2) is 5.69 Å². The Hall–Kier alpha value is -3.52. The smallest absolute Gasteiger partial charge is 0.383 e. The van der Waals surface area contributed by atoms with Gasteiger partial charge in [-0.15, -0.1) is 11.3 Å². The highest BCUT2D eigenvalue weighted by molar-refractivity contribution is 7.13. The number of imide groups is 1. The lowest BCUT2D eigenvalue weighted by molar-refractivity contribution is -0.0587. The van der Waals surface area contributed by atoms with E-state index in [2.05, 4.69) is 4.98 Å². The Balaban J connectivity index is 1.47. The van der Waals surface area contributed by atoms with Crippen LogP contribution in [0.1, 0.15) is 44.5 Å². The monoisotopic (exact) mass is 408 g/mol. The van der Waals surface area contributed by atoms with E-state index < -0.39 is 17.8 Å². The fraction of sp³-hybridized carbons (Fsp3) is 0.143. The largest absolute Gasteiger partial charge is 0.494 e. The number of benzene rings is 2. The second kappa shape index (κ2) is 7.84. The fourth-order valence-corrected chi connectivity index (χ4v) is 3.59. The predicted octanol–water partition coefficient (Wildman–Crippen LogP) is 3.97. The van der Waals surface area contributed by atoms with Crippen LogP contribution in [0.4, 0.5) is 0 Å². The molecule has 8 heteroatoms. The zero-order valence-electron chi connectivity index (χ0n) is 15.5. The highest BCUT2D eigenvalue weighted by Gasteiger charge is 2.39. The summed E-state index contributed by atoms with van der Waals surface area (Å²) in [6.45, 7) is 2.68. The Morgan fingerprint density at radius 2 is 1.69 bits per heavy atom. The molecule has 1 aromatic heterocycles. The summed E-state index contributed by atoms with van der Waals surface area (Å²) in [6.07, 6.45) is 0.923. The minimum atomic E-state index is -0.870. The van der Waals surface area contributed by atoms with Crippen LogP contribution >= 0.6 is 11.3 Å². The van der Waals surface area contributed by atoms with Crippen molar-refractivity contribution in [1.29, 1.82) is 0 Å². The number of amides is 2. The van der Waals surface area contributed by atoms with Crippen molar-refractivity contribution in [3.05, 3.63) is 70.7 Å². The molecular formula is C21H16N2O5S. The average molecular weight is 408 g/mol. The number of thiazole rings is 1. The third-order valence-corrected chi connectivity index (χ3v) is 5.11. The van der Waals surface area contributed by atoms with Crippen LogP contribution in [0.2, 0.25) is 0 Å². The molecule has 2 aromatic carbocycles. The number of hydrogen-bond donors (Lipinski definition) is 0. The first kappa shape index (κ1) is 18.8.